The summed E-state index contributed by atoms with van der Waals surface area (Å²) in [5.41, 5.74) is 7.79. The normalized spacial score (nSPS) is 14.6. The number of benzene rings is 2. The summed E-state index contributed by atoms with van der Waals surface area (Å²) in [5.74, 6) is -4.62. The van der Waals surface area contributed by atoms with Gasteiger partial charge in [0.1, 0.15) is 18.3 Å². The summed E-state index contributed by atoms with van der Waals surface area (Å²) in [7, 11) is 0. The summed E-state index contributed by atoms with van der Waals surface area (Å²) in [6.07, 6.45) is -9.30. The third kappa shape index (κ3) is 11.1. The maximum Gasteiger partial charge on any atom is 0.490 e. The number of alkyl halides is 6. The molecule has 0 radical (unpaired) electrons. The van der Waals surface area contributed by atoms with Crippen molar-refractivity contribution < 1.29 is 55.4 Å². The van der Waals surface area contributed by atoms with Gasteiger partial charge in [0.25, 0.3) is 0 Å². The van der Waals surface area contributed by atoms with E-state index in [0.717, 1.165) is 15.8 Å². The number of carboxylic acid groups (broad SMARTS) is 1. The summed E-state index contributed by atoms with van der Waals surface area (Å²) >= 11 is 23.7. The van der Waals surface area contributed by atoms with Gasteiger partial charge in [-0.05, 0) is 49.2 Å². The highest BCUT2D eigenvalue weighted by Gasteiger charge is 2.41. The van der Waals surface area contributed by atoms with Crippen LogP contribution in [0.5, 0.6) is 0 Å². The Morgan fingerprint density at radius 2 is 1.52 bits per heavy atom. The van der Waals surface area contributed by atoms with Crippen molar-refractivity contribution in [1.82, 2.24) is 10.3 Å². The molecule has 10 nitrogen and oxygen atoms in total. The monoisotopic (exact) mass is 768 g/mol. The topological polar surface area (TPSA) is 155 Å². The highest BCUT2D eigenvalue weighted by molar-refractivity contribution is 6.43. The molecular weight excluding hydrogens is 744 g/mol. The average Bonchev–Trinajstić information content (AvgIpc) is 3.56. The SMILES string of the molecule is CCOC(=O)c1cc2cc(Cl)c(Cl)cc2[nH]1.CC[C@H](N)C(=O)N1c2cc(Cl)c(Cl)cc2C[C@H]1C(=O)NCC(F)(F)F.O=C(O)C(F)(F)F. The van der Waals surface area contributed by atoms with Crippen LogP contribution in [0.25, 0.3) is 10.9 Å². The molecule has 3 aromatic rings. The third-order valence-corrected chi connectivity index (χ3v) is 7.71. The molecule has 48 heavy (non-hydrogen) atoms. The van der Waals surface area contributed by atoms with E-state index in [1.165, 1.54) is 12.1 Å². The Kier molecular flexibility index (Phi) is 14.2. The summed E-state index contributed by atoms with van der Waals surface area (Å²) < 4.78 is 73.7. The second-order valence-electron chi connectivity index (χ2n) is 9.73. The van der Waals surface area contributed by atoms with Crippen molar-refractivity contribution in [1.29, 1.82) is 0 Å². The maximum absolute atomic E-state index is 12.6. The number of nitrogens with one attached hydrogen (secondary N) is 2. The van der Waals surface area contributed by atoms with Gasteiger partial charge in [-0.15, -0.1) is 0 Å². The quantitative estimate of drug-likeness (QED) is 0.156. The number of ether oxygens (including phenoxy) is 1. The zero-order valence-electron chi connectivity index (χ0n) is 24.7. The number of halogens is 10. The molecule has 1 aliphatic rings. The Balaban J connectivity index is 0.000000295. The van der Waals surface area contributed by atoms with Crippen molar-refractivity contribution in [3.8, 4) is 0 Å². The summed E-state index contributed by atoms with van der Waals surface area (Å²) in [5, 5.41) is 11.1. The van der Waals surface area contributed by atoms with Crippen molar-refractivity contribution in [2.75, 3.05) is 18.1 Å². The van der Waals surface area contributed by atoms with Crippen molar-refractivity contribution in [3.05, 3.63) is 61.7 Å². The van der Waals surface area contributed by atoms with E-state index in [-0.39, 0.29) is 22.4 Å². The number of nitrogens with zero attached hydrogens (tertiary/aromatic N) is 1. The zero-order valence-corrected chi connectivity index (χ0v) is 27.7. The molecule has 5 N–H and O–H groups in total. The van der Waals surface area contributed by atoms with Crippen LogP contribution in [-0.4, -0.2) is 71.4 Å². The molecule has 1 aliphatic heterocycles. The Hall–Kier alpha value is -3.44. The molecule has 0 saturated carbocycles. The summed E-state index contributed by atoms with van der Waals surface area (Å²) in [6.45, 7) is 2.30. The van der Waals surface area contributed by atoms with Crippen LogP contribution in [0.2, 0.25) is 20.1 Å². The van der Waals surface area contributed by atoms with Crippen LogP contribution in [0.4, 0.5) is 32.0 Å². The van der Waals surface area contributed by atoms with Gasteiger partial charge in [0.2, 0.25) is 11.8 Å². The van der Waals surface area contributed by atoms with Gasteiger partial charge in [0.05, 0.1) is 32.7 Å². The number of carbonyl (C=O) groups is 4. The van der Waals surface area contributed by atoms with Crippen molar-refractivity contribution in [2.45, 2.75) is 51.1 Å². The van der Waals surface area contributed by atoms with Gasteiger partial charge in [-0.3, -0.25) is 14.5 Å². The number of carboxylic acids is 1. The number of fused-ring (bicyclic) bond motifs is 2. The molecule has 4 rings (SSSR count). The zero-order chi connectivity index (χ0) is 36.7. The molecule has 0 bridgehead atoms. The summed E-state index contributed by atoms with van der Waals surface area (Å²) in [6, 6.07) is 5.95. The van der Waals surface area contributed by atoms with E-state index >= 15 is 0 Å². The maximum atomic E-state index is 12.6. The minimum Gasteiger partial charge on any atom is -0.475 e. The molecule has 0 spiro atoms. The van der Waals surface area contributed by atoms with Gasteiger partial charge in [0.15, 0.2) is 0 Å². The number of hydrogen-bond acceptors (Lipinski definition) is 6. The number of amides is 2. The lowest BCUT2D eigenvalue weighted by Crippen LogP contribution is -2.53. The molecule has 0 unspecified atom stereocenters. The third-order valence-electron chi connectivity index (χ3n) is 6.27. The highest BCUT2D eigenvalue weighted by atomic mass is 35.5. The number of rotatable bonds is 6. The van der Waals surface area contributed by atoms with E-state index in [0.29, 0.717) is 40.0 Å². The Labute approximate surface area is 288 Å². The van der Waals surface area contributed by atoms with Crippen molar-refractivity contribution in [3.63, 3.8) is 0 Å². The predicted octanol–water partition coefficient (Wildman–Crippen LogP) is 6.95. The van der Waals surface area contributed by atoms with Gasteiger partial charge in [0, 0.05) is 23.0 Å². The first-order valence-electron chi connectivity index (χ1n) is 13.5. The highest BCUT2D eigenvalue weighted by Crippen LogP contribution is 2.38. The fraction of sp³-hybridized carbons (Fsp3) is 0.357. The number of aliphatic carboxylic acids is 1. The fourth-order valence-corrected chi connectivity index (χ4v) is 4.70. The molecule has 264 valence electrons. The first kappa shape index (κ1) is 40.7. The van der Waals surface area contributed by atoms with Crippen LogP contribution in [0.1, 0.15) is 36.3 Å². The largest absolute Gasteiger partial charge is 0.490 e. The number of anilines is 1. The van der Waals surface area contributed by atoms with Crippen LogP contribution < -0.4 is 16.0 Å². The van der Waals surface area contributed by atoms with Gasteiger partial charge in [-0.1, -0.05) is 53.3 Å². The van der Waals surface area contributed by atoms with Crippen LogP contribution in [0, 0.1) is 0 Å². The number of aromatic amines is 1. The first-order chi connectivity index (χ1) is 22.1. The van der Waals surface area contributed by atoms with Gasteiger partial charge < -0.3 is 25.9 Å². The molecule has 0 fully saturated rings. The first-order valence-corrected chi connectivity index (χ1v) is 15.0. The van der Waals surface area contributed by atoms with E-state index in [2.05, 4.69) is 4.98 Å². The molecule has 2 atom stereocenters. The molecule has 2 aromatic carbocycles. The van der Waals surface area contributed by atoms with E-state index in [9.17, 15) is 40.7 Å². The van der Waals surface area contributed by atoms with Gasteiger partial charge >= 0.3 is 24.3 Å². The second-order valence-corrected chi connectivity index (χ2v) is 11.4. The van der Waals surface area contributed by atoms with E-state index in [1.54, 1.807) is 37.4 Å². The van der Waals surface area contributed by atoms with E-state index in [1.807, 2.05) is 0 Å². The lowest BCUT2D eigenvalue weighted by molar-refractivity contribution is -0.192. The number of carbonyl (C=O) groups excluding carboxylic acids is 3. The lowest BCUT2D eigenvalue weighted by Gasteiger charge is -2.27. The Bertz CT molecular complexity index is 1630. The smallest absolute Gasteiger partial charge is 0.475 e. The predicted molar refractivity (Wildman–Crippen MR) is 167 cm³/mol. The van der Waals surface area contributed by atoms with Crippen LogP contribution in [0.15, 0.2) is 30.3 Å². The Morgan fingerprint density at radius 3 is 2.04 bits per heavy atom. The molecule has 2 heterocycles. The number of esters is 1. The van der Waals surface area contributed by atoms with Crippen molar-refractivity contribution in [2.24, 2.45) is 5.73 Å². The number of nitrogens with two attached hydrogens (primary N) is 1. The number of H-pyrrole nitrogens is 1. The van der Waals surface area contributed by atoms with E-state index < -0.39 is 48.8 Å². The minimum absolute atomic E-state index is 0.0259. The lowest BCUT2D eigenvalue weighted by atomic mass is 10.1. The molecule has 0 saturated heterocycles. The van der Waals surface area contributed by atoms with E-state index in [4.69, 9.17) is 66.8 Å². The van der Waals surface area contributed by atoms with Crippen LogP contribution in [-0.2, 0) is 25.5 Å². The Morgan fingerprint density at radius 1 is 0.979 bits per heavy atom. The molecule has 20 heteroatoms. The standard InChI is InChI=1S/C15H16Cl2F3N3O2.C11H9Cl2NO2.C2HF3O2/c1-2-10(21)14(25)23-11-5-9(17)8(16)3-7(11)4-12(23)13(24)22-6-15(18,19)20;1-2-16-11(15)10-4-6-3-7(12)8(13)5-9(6)14-10;3-2(4,5)1(6)7/h3,5,10,12H,2,4,6,21H2,1H3,(H,22,24);3-5,14H,2H2,1H3;(H,6,7)/t10-,12-;;/m0../s1. The van der Waals surface area contributed by atoms with Crippen LogP contribution >= 0.6 is 46.4 Å². The number of hydrogen-bond donors (Lipinski definition) is 4. The van der Waals surface area contributed by atoms with Gasteiger partial charge in [-0.25, -0.2) is 9.59 Å². The molecular formula is C28H26Cl4F6N4O6. The number of aromatic nitrogens is 1. The molecule has 1 aromatic heterocycles. The molecule has 0 aliphatic carbocycles. The molecule has 2 amide bonds. The summed E-state index contributed by atoms with van der Waals surface area (Å²) in [4.78, 5) is 49.2. The van der Waals surface area contributed by atoms with Crippen LogP contribution in [0.3, 0.4) is 0 Å². The average molecular weight is 770 g/mol. The van der Waals surface area contributed by atoms with Gasteiger partial charge in [-0.2, -0.15) is 26.3 Å². The second kappa shape index (κ2) is 16.8. The minimum atomic E-state index is -5.08. The fourth-order valence-electron chi connectivity index (χ4n) is 4.02. The van der Waals surface area contributed by atoms with Crippen molar-refractivity contribution >= 4 is 86.7 Å².